The van der Waals surface area contributed by atoms with Crippen LogP contribution in [-0.2, 0) is 4.74 Å². The van der Waals surface area contributed by atoms with Gasteiger partial charge in [-0.1, -0.05) is 0 Å². The molecule has 5 heteroatoms. The van der Waals surface area contributed by atoms with Crippen LogP contribution >= 0.6 is 0 Å². The lowest BCUT2D eigenvalue weighted by Crippen LogP contribution is -2.22. The molecule has 0 unspecified atom stereocenters. The molecule has 112 valence electrons. The molecule has 1 fully saturated rings. The summed E-state index contributed by atoms with van der Waals surface area (Å²) in [5, 5.41) is 0. The molecule has 1 aliphatic rings. The van der Waals surface area contributed by atoms with E-state index in [0.29, 0.717) is 18.0 Å². The number of hydrogen-bond donors (Lipinski definition) is 1. The van der Waals surface area contributed by atoms with E-state index in [1.54, 1.807) is 12.3 Å². The van der Waals surface area contributed by atoms with Crippen molar-refractivity contribution >= 4 is 11.7 Å². The number of nitrogens with two attached hydrogens (primary N) is 1. The van der Waals surface area contributed by atoms with Gasteiger partial charge in [-0.3, -0.25) is 0 Å². The number of likely N-dealkylation sites (tertiary alicyclic amines) is 1. The fraction of sp³-hybridized carbons (Fsp3) is 0.667. The molecule has 5 nitrogen and oxygen atoms in total. The van der Waals surface area contributed by atoms with E-state index >= 15 is 0 Å². The van der Waals surface area contributed by atoms with E-state index in [0.717, 1.165) is 13.0 Å². The Bertz CT molecular complexity index is 448. The van der Waals surface area contributed by atoms with Gasteiger partial charge in [0, 0.05) is 18.8 Å². The maximum Gasteiger partial charge on any atom is 0.355 e. The highest BCUT2D eigenvalue weighted by Gasteiger charge is 2.16. The molecule has 0 saturated carbocycles. The number of nitrogen functional groups attached to an aromatic ring is 1. The van der Waals surface area contributed by atoms with Crippen molar-refractivity contribution in [3.63, 3.8) is 0 Å². The second kappa shape index (κ2) is 6.79. The van der Waals surface area contributed by atoms with Gasteiger partial charge in [-0.05, 0) is 52.3 Å². The molecule has 0 radical (unpaired) electrons. The molecule has 2 N–H and O–H groups in total. The van der Waals surface area contributed by atoms with Gasteiger partial charge < -0.3 is 19.9 Å². The van der Waals surface area contributed by atoms with Gasteiger partial charge in [-0.25, -0.2) is 4.79 Å². The number of carbonyl (C=O) groups is 1. The van der Waals surface area contributed by atoms with Crippen molar-refractivity contribution in [3.8, 4) is 0 Å². The molecule has 1 aromatic rings. The van der Waals surface area contributed by atoms with Crippen LogP contribution in [0.4, 0.5) is 5.69 Å². The first-order valence-corrected chi connectivity index (χ1v) is 7.45. The summed E-state index contributed by atoms with van der Waals surface area (Å²) in [6.45, 7) is 7.88. The molecule has 1 saturated heterocycles. The maximum atomic E-state index is 12.1. The van der Waals surface area contributed by atoms with Crippen molar-refractivity contribution in [3.05, 3.63) is 18.0 Å². The zero-order chi connectivity index (χ0) is 14.5. The lowest BCUT2D eigenvalue weighted by molar-refractivity contribution is 0.0476. The van der Waals surface area contributed by atoms with Crippen LogP contribution in [0.2, 0.25) is 0 Å². The van der Waals surface area contributed by atoms with Crippen LogP contribution in [0, 0.1) is 0 Å². The average Bonchev–Trinajstić information content (AvgIpc) is 3.03. The molecular formula is C15H25N3O2. The summed E-state index contributed by atoms with van der Waals surface area (Å²) in [6, 6.07) is 1.88. The summed E-state index contributed by atoms with van der Waals surface area (Å²) in [5.74, 6) is -0.281. The molecule has 2 rings (SSSR count). The van der Waals surface area contributed by atoms with Gasteiger partial charge in [-0.15, -0.1) is 0 Å². The third kappa shape index (κ3) is 3.76. The zero-order valence-electron chi connectivity index (χ0n) is 12.5. The average molecular weight is 279 g/mol. The molecule has 0 spiro atoms. The maximum absolute atomic E-state index is 12.1. The van der Waals surface area contributed by atoms with Gasteiger partial charge in [-0.2, -0.15) is 0 Å². The molecule has 2 heterocycles. The fourth-order valence-corrected chi connectivity index (χ4v) is 2.62. The third-order valence-electron chi connectivity index (χ3n) is 3.69. The second-order valence-electron chi connectivity index (χ2n) is 5.70. The quantitative estimate of drug-likeness (QED) is 0.641. The summed E-state index contributed by atoms with van der Waals surface area (Å²) < 4.78 is 7.21. The van der Waals surface area contributed by atoms with Crippen LogP contribution in [0.1, 0.15) is 49.6 Å². The number of nitrogens with zero attached hydrogens (tertiary/aromatic N) is 2. The molecule has 0 amide bonds. The van der Waals surface area contributed by atoms with E-state index in [1.165, 1.54) is 25.9 Å². The van der Waals surface area contributed by atoms with Crippen molar-refractivity contribution in [2.75, 3.05) is 32.0 Å². The number of ether oxygens (including phenoxy) is 1. The van der Waals surface area contributed by atoms with Crippen molar-refractivity contribution in [2.24, 2.45) is 0 Å². The van der Waals surface area contributed by atoms with Gasteiger partial charge in [0.1, 0.15) is 5.69 Å². The van der Waals surface area contributed by atoms with Crippen LogP contribution in [0.5, 0.6) is 0 Å². The predicted molar refractivity (Wildman–Crippen MR) is 79.8 cm³/mol. The first-order valence-electron chi connectivity index (χ1n) is 7.45. The topological polar surface area (TPSA) is 60.5 Å². The van der Waals surface area contributed by atoms with Crippen LogP contribution in [0.25, 0.3) is 0 Å². The molecule has 1 aromatic heterocycles. The minimum absolute atomic E-state index is 0.194. The van der Waals surface area contributed by atoms with Gasteiger partial charge >= 0.3 is 5.97 Å². The second-order valence-corrected chi connectivity index (χ2v) is 5.70. The summed E-state index contributed by atoms with van der Waals surface area (Å²) in [4.78, 5) is 14.5. The largest absolute Gasteiger partial charge is 0.461 e. The lowest BCUT2D eigenvalue weighted by atomic mass is 10.3. The number of hydrogen-bond acceptors (Lipinski definition) is 4. The van der Waals surface area contributed by atoms with E-state index in [4.69, 9.17) is 10.5 Å². The minimum atomic E-state index is -0.281. The number of esters is 1. The number of aromatic nitrogens is 1. The van der Waals surface area contributed by atoms with Crippen molar-refractivity contribution < 1.29 is 9.53 Å². The molecule has 20 heavy (non-hydrogen) atoms. The van der Waals surface area contributed by atoms with E-state index < -0.39 is 0 Å². The minimum Gasteiger partial charge on any atom is -0.461 e. The third-order valence-corrected chi connectivity index (χ3v) is 3.69. The highest BCUT2D eigenvalue weighted by Crippen LogP contribution is 2.17. The summed E-state index contributed by atoms with van der Waals surface area (Å²) in [5.41, 5.74) is 6.90. The van der Waals surface area contributed by atoms with Crippen molar-refractivity contribution in [1.29, 1.82) is 0 Å². The van der Waals surface area contributed by atoms with E-state index in [1.807, 2.05) is 18.4 Å². The molecular weight excluding hydrogens is 254 g/mol. The van der Waals surface area contributed by atoms with Gasteiger partial charge in [0.15, 0.2) is 0 Å². The van der Waals surface area contributed by atoms with Crippen LogP contribution in [0.3, 0.4) is 0 Å². The molecule has 0 aromatic carbocycles. The van der Waals surface area contributed by atoms with Crippen molar-refractivity contribution in [1.82, 2.24) is 9.47 Å². The normalized spacial score (nSPS) is 15.9. The number of carbonyl (C=O) groups excluding carboxylic acids is 1. The first-order chi connectivity index (χ1) is 9.58. The smallest absolute Gasteiger partial charge is 0.355 e. The molecule has 0 aliphatic carbocycles. The Labute approximate surface area is 120 Å². The van der Waals surface area contributed by atoms with Gasteiger partial charge in [0.25, 0.3) is 0 Å². The Morgan fingerprint density at radius 3 is 2.75 bits per heavy atom. The highest BCUT2D eigenvalue weighted by atomic mass is 16.5. The first kappa shape index (κ1) is 14.9. The Morgan fingerprint density at radius 1 is 1.40 bits per heavy atom. The highest BCUT2D eigenvalue weighted by molar-refractivity contribution is 5.89. The van der Waals surface area contributed by atoms with Crippen LogP contribution < -0.4 is 5.73 Å². The van der Waals surface area contributed by atoms with E-state index in [2.05, 4.69) is 4.90 Å². The Balaban J connectivity index is 1.79. The Kier molecular flexibility index (Phi) is 5.06. The van der Waals surface area contributed by atoms with Crippen LogP contribution in [0.15, 0.2) is 12.3 Å². The van der Waals surface area contributed by atoms with Crippen LogP contribution in [-0.4, -0.2) is 41.7 Å². The zero-order valence-corrected chi connectivity index (χ0v) is 12.5. The van der Waals surface area contributed by atoms with Gasteiger partial charge in [0.2, 0.25) is 0 Å². The Hall–Kier alpha value is -1.49. The summed E-state index contributed by atoms with van der Waals surface area (Å²) >= 11 is 0. The Morgan fingerprint density at radius 2 is 2.10 bits per heavy atom. The fourth-order valence-electron chi connectivity index (χ4n) is 2.62. The van der Waals surface area contributed by atoms with E-state index in [-0.39, 0.29) is 12.0 Å². The summed E-state index contributed by atoms with van der Waals surface area (Å²) in [6.07, 6.45) is 5.26. The molecule has 1 aliphatic heterocycles. The van der Waals surface area contributed by atoms with Crippen molar-refractivity contribution in [2.45, 2.75) is 39.2 Å². The monoisotopic (exact) mass is 279 g/mol. The molecule has 0 atom stereocenters. The number of rotatable bonds is 6. The van der Waals surface area contributed by atoms with Gasteiger partial charge in [0.05, 0.1) is 12.3 Å². The number of anilines is 1. The standard InChI is InChI=1S/C15H25N3O2/c1-12(2)18-11-13(16)10-14(18)15(19)20-9-5-8-17-6-3-4-7-17/h10-12H,3-9,16H2,1-2H3. The van der Waals surface area contributed by atoms with E-state index in [9.17, 15) is 4.79 Å². The lowest BCUT2D eigenvalue weighted by Gasteiger charge is -2.15. The summed E-state index contributed by atoms with van der Waals surface area (Å²) in [7, 11) is 0. The predicted octanol–water partition coefficient (Wildman–Crippen LogP) is 2.29. The molecule has 0 bridgehead atoms. The SMILES string of the molecule is CC(C)n1cc(N)cc1C(=O)OCCCN1CCCC1.